The number of phosphoric acid groups is 8. The van der Waals surface area contributed by atoms with E-state index in [0.717, 1.165) is 0 Å². The molecule has 34 heteroatoms. The van der Waals surface area contributed by atoms with Crippen LogP contribution in [0.4, 0.5) is 0 Å². The lowest BCUT2D eigenvalue weighted by molar-refractivity contribution is 0.0572. The Balaban J connectivity index is 5.07. The van der Waals surface area contributed by atoms with Gasteiger partial charge in [-0.3, -0.25) is 9.05 Å². The van der Waals surface area contributed by atoms with Gasteiger partial charge in [0.2, 0.25) is 0 Å². The lowest BCUT2D eigenvalue weighted by atomic mass is 11.6. The molecule has 10 N–H and O–H groups in total. The molecule has 35 heavy (non-hydrogen) atoms. The quantitative estimate of drug-likeness (QED) is 0.0745. The first-order chi connectivity index (χ1) is 14.9. The largest absolute Gasteiger partial charge is 0.490 e. The Morgan fingerprint density at radius 1 is 0.343 bits per heavy atom. The summed E-state index contributed by atoms with van der Waals surface area (Å²) >= 11 is 0. The van der Waals surface area contributed by atoms with Gasteiger partial charge in [-0.1, -0.05) is 0 Å². The second-order valence-electron chi connectivity index (χ2n) is 4.66. The van der Waals surface area contributed by atoms with Crippen molar-refractivity contribution in [2.24, 2.45) is 0 Å². The smallest absolute Gasteiger partial charge is 0.302 e. The van der Waals surface area contributed by atoms with E-state index >= 15 is 0 Å². The van der Waals surface area contributed by atoms with Gasteiger partial charge in [0.1, 0.15) is 0 Å². The molecular formula is CH12O26P8. The highest BCUT2D eigenvalue weighted by Crippen LogP contribution is 2.72. The minimum absolute atomic E-state index is 2.08. The van der Waals surface area contributed by atoms with E-state index in [1.165, 1.54) is 0 Å². The van der Waals surface area contributed by atoms with Crippen LogP contribution in [0.1, 0.15) is 0 Å². The van der Waals surface area contributed by atoms with E-state index < -0.39 is 69.4 Å². The predicted molar refractivity (Wildman–Crippen MR) is 96.6 cm³/mol. The second-order valence-corrected chi connectivity index (χ2v) is 16.7. The zero-order valence-corrected chi connectivity index (χ0v) is 22.4. The van der Waals surface area contributed by atoms with Crippen LogP contribution in [0.15, 0.2) is 0 Å². The maximum atomic E-state index is 11.4. The van der Waals surface area contributed by atoms with Crippen LogP contribution in [-0.4, -0.2) is 55.7 Å². The zero-order valence-electron chi connectivity index (χ0n) is 15.3. The fourth-order valence-corrected chi connectivity index (χ4v) is 9.76. The Kier molecular flexibility index (Phi) is 12.5. The van der Waals surface area contributed by atoms with E-state index in [9.17, 15) is 36.5 Å². The van der Waals surface area contributed by atoms with Crippen LogP contribution in [0.2, 0.25) is 0 Å². The maximum Gasteiger partial charge on any atom is 0.490 e. The van der Waals surface area contributed by atoms with Crippen molar-refractivity contribution in [1.29, 1.82) is 0 Å². The van der Waals surface area contributed by atoms with Crippen molar-refractivity contribution in [3.05, 3.63) is 0 Å². The molecule has 212 valence electrons. The van der Waals surface area contributed by atoms with Gasteiger partial charge in [0.25, 0.3) is 0 Å². The van der Waals surface area contributed by atoms with Crippen molar-refractivity contribution >= 4 is 62.6 Å². The first-order valence-electron chi connectivity index (χ1n) is 6.59. The molecule has 0 bridgehead atoms. The molecule has 0 rings (SSSR count). The van der Waals surface area contributed by atoms with Gasteiger partial charge in [-0.25, -0.2) is 36.5 Å². The molecule has 0 aliphatic rings. The number of phosphoric ester groups is 2. The van der Waals surface area contributed by atoms with Crippen LogP contribution in [0, 0.1) is 0 Å². The van der Waals surface area contributed by atoms with Crippen LogP contribution in [-0.2, 0) is 71.4 Å². The van der Waals surface area contributed by atoms with Crippen molar-refractivity contribution in [3.63, 3.8) is 0 Å². The topological polar surface area (TPSA) is 413 Å². The summed E-state index contributed by atoms with van der Waals surface area (Å²) in [5.74, 6) is 0. The first kappa shape index (κ1) is 36.1. The fourth-order valence-electron chi connectivity index (χ4n) is 1.05. The predicted octanol–water partition coefficient (Wildman–Crippen LogP) is -0.135. The molecule has 6 atom stereocenters. The standard InChI is InChI=1S/CH12O26P8/c2-28(3,4)22-32(12,13)26-34(16,17)24-30(8,9)20-1-21-31(10,11)25-35(18,19)27-33(14,15)23-29(5,6)7/h1H2,(H,8,9)(H,10,11)(H,12,13)(H,14,15)(H,16,17)(H,18,19)(H2,2,3,4)(H2,5,6,7). The third-order valence-corrected chi connectivity index (χ3v) is 12.5. The molecule has 0 radical (unpaired) electrons. The molecule has 0 aliphatic heterocycles. The lowest BCUT2D eigenvalue weighted by Crippen LogP contribution is -2.02. The third-order valence-electron chi connectivity index (χ3n) is 1.68. The molecule has 26 nitrogen and oxygen atoms in total. The highest BCUT2D eigenvalue weighted by Gasteiger charge is 2.47. The summed E-state index contributed by atoms with van der Waals surface area (Å²) in [6.45, 7) is -2.08. The summed E-state index contributed by atoms with van der Waals surface area (Å²) in [5.41, 5.74) is 0. The zero-order chi connectivity index (χ0) is 28.4. The van der Waals surface area contributed by atoms with Crippen LogP contribution in [0.25, 0.3) is 0 Å². The Morgan fingerprint density at radius 3 is 0.771 bits per heavy atom. The van der Waals surface area contributed by atoms with Crippen molar-refractivity contribution in [1.82, 2.24) is 0 Å². The number of rotatable bonds is 16. The molecule has 0 aromatic heterocycles. The summed E-state index contributed by atoms with van der Waals surface area (Å²) in [6, 6.07) is 0. The SMILES string of the molecule is O=P(O)(O)OP(=O)(O)OP(=O)(O)OP(=O)(O)OCOP(=O)(O)OP(=O)(O)OP(=O)(O)OP(=O)(O)O. The van der Waals surface area contributed by atoms with Gasteiger partial charge >= 0.3 is 62.6 Å². The van der Waals surface area contributed by atoms with Gasteiger partial charge in [-0.05, 0) is 0 Å². The fraction of sp³-hybridized carbons (Fsp3) is 1.00. The summed E-state index contributed by atoms with van der Waals surface area (Å²) in [5, 5.41) is 0. The lowest BCUT2D eigenvalue weighted by Gasteiger charge is -2.19. The first-order valence-corrected chi connectivity index (χ1v) is 18.6. The van der Waals surface area contributed by atoms with Gasteiger partial charge in [0.05, 0.1) is 0 Å². The van der Waals surface area contributed by atoms with Crippen LogP contribution in [0.5, 0.6) is 0 Å². The summed E-state index contributed by atoms with van der Waals surface area (Å²) in [7, 11) is -48.5. The van der Waals surface area contributed by atoms with Crippen molar-refractivity contribution in [3.8, 4) is 0 Å². The molecule has 6 unspecified atom stereocenters. The normalized spacial score (nSPS) is 23.6. The molecule has 0 saturated heterocycles. The summed E-state index contributed by atoms with van der Waals surface area (Å²) in [6.07, 6.45) is 0. The van der Waals surface area contributed by atoms with Gasteiger partial charge < -0.3 is 48.9 Å². The Hall–Kier alpha value is 1.12. The van der Waals surface area contributed by atoms with E-state index in [0.29, 0.717) is 0 Å². The van der Waals surface area contributed by atoms with Gasteiger partial charge in [0.15, 0.2) is 6.79 Å². The van der Waals surface area contributed by atoms with Gasteiger partial charge in [0, 0.05) is 0 Å². The van der Waals surface area contributed by atoms with Crippen LogP contribution < -0.4 is 0 Å². The maximum absolute atomic E-state index is 11.4. The molecule has 0 aromatic rings. The average Bonchev–Trinajstić information content (AvgIpc) is 2.33. The van der Waals surface area contributed by atoms with Gasteiger partial charge in [-0.2, -0.15) is 25.9 Å². The highest BCUT2D eigenvalue weighted by molar-refractivity contribution is 7.70. The van der Waals surface area contributed by atoms with E-state index in [1.807, 2.05) is 0 Å². The highest BCUT2D eigenvalue weighted by atomic mass is 31.3. The summed E-state index contributed by atoms with van der Waals surface area (Å²) in [4.78, 5) is 87.3. The Labute approximate surface area is 190 Å². The molecule has 0 spiro atoms. The van der Waals surface area contributed by atoms with Crippen molar-refractivity contribution < 1.29 is 120 Å². The average molecular weight is 688 g/mol. The second kappa shape index (κ2) is 12.1. The van der Waals surface area contributed by atoms with E-state index in [2.05, 4.69) is 34.9 Å². The monoisotopic (exact) mass is 688 g/mol. The van der Waals surface area contributed by atoms with E-state index in [-0.39, 0.29) is 0 Å². The van der Waals surface area contributed by atoms with E-state index in [4.69, 9.17) is 48.9 Å². The third kappa shape index (κ3) is 18.9. The van der Waals surface area contributed by atoms with Crippen molar-refractivity contribution in [2.45, 2.75) is 0 Å². The molecular weight excluding hydrogens is 676 g/mol. The number of hydrogen-bond acceptors (Lipinski definition) is 16. The molecule has 0 fully saturated rings. The Morgan fingerprint density at radius 2 is 0.543 bits per heavy atom. The molecule has 0 aliphatic carbocycles. The minimum Gasteiger partial charge on any atom is -0.302 e. The Bertz CT molecular complexity index is 1040. The number of hydrogen-bond donors (Lipinski definition) is 10. The molecule has 0 aromatic carbocycles. The molecule has 0 saturated carbocycles. The van der Waals surface area contributed by atoms with Crippen LogP contribution in [0.3, 0.4) is 0 Å². The van der Waals surface area contributed by atoms with Crippen LogP contribution >= 0.6 is 62.6 Å². The van der Waals surface area contributed by atoms with Gasteiger partial charge in [-0.15, -0.1) is 0 Å². The minimum atomic E-state index is -6.26. The molecule has 0 heterocycles. The molecule has 0 amide bonds. The summed E-state index contributed by atoms with van der Waals surface area (Å²) < 4.78 is 115. The van der Waals surface area contributed by atoms with E-state index in [1.54, 1.807) is 0 Å². The van der Waals surface area contributed by atoms with Crippen molar-refractivity contribution in [2.75, 3.05) is 6.79 Å².